The predicted molar refractivity (Wildman–Crippen MR) is 49.7 cm³/mol. The Kier molecular flexibility index (Phi) is 2.87. The summed E-state index contributed by atoms with van der Waals surface area (Å²) < 4.78 is 0. The van der Waals surface area contributed by atoms with Crippen molar-refractivity contribution in [3.8, 4) is 0 Å². The van der Waals surface area contributed by atoms with E-state index in [0.29, 0.717) is 5.92 Å². The second kappa shape index (κ2) is 3.72. The van der Waals surface area contributed by atoms with Crippen molar-refractivity contribution in [1.29, 1.82) is 0 Å². The van der Waals surface area contributed by atoms with Crippen molar-refractivity contribution >= 4 is 0 Å². The molecule has 0 aliphatic rings. The Labute approximate surface area is 73.4 Å². The van der Waals surface area contributed by atoms with E-state index in [2.05, 4.69) is 23.8 Å². The van der Waals surface area contributed by atoms with Gasteiger partial charge in [-0.05, 0) is 12.8 Å². The molecule has 0 saturated carbocycles. The van der Waals surface area contributed by atoms with Gasteiger partial charge >= 0.3 is 0 Å². The third kappa shape index (κ3) is 2.34. The van der Waals surface area contributed by atoms with E-state index in [4.69, 9.17) is 5.73 Å². The van der Waals surface area contributed by atoms with Crippen LogP contribution in [0.4, 0.5) is 0 Å². The summed E-state index contributed by atoms with van der Waals surface area (Å²) in [5.41, 5.74) is 6.71. The summed E-state index contributed by atoms with van der Waals surface area (Å²) in [6.07, 6.45) is 2.81. The quantitative estimate of drug-likeness (QED) is 0.718. The molecule has 0 fully saturated rings. The van der Waals surface area contributed by atoms with Crippen molar-refractivity contribution in [2.24, 2.45) is 11.7 Å². The van der Waals surface area contributed by atoms with Gasteiger partial charge in [-0.1, -0.05) is 13.8 Å². The fourth-order valence-corrected chi connectivity index (χ4v) is 1.10. The molecule has 0 bridgehead atoms. The lowest BCUT2D eigenvalue weighted by atomic mass is 10.1. The molecule has 1 aromatic heterocycles. The molecule has 3 heteroatoms. The Hall–Kier alpha value is -0.830. The van der Waals surface area contributed by atoms with Crippen molar-refractivity contribution in [2.75, 3.05) is 0 Å². The minimum atomic E-state index is 0.0541. The average molecular weight is 167 g/mol. The van der Waals surface area contributed by atoms with E-state index >= 15 is 0 Å². The Morgan fingerprint density at radius 2 is 2.17 bits per heavy atom. The van der Waals surface area contributed by atoms with Crippen molar-refractivity contribution in [2.45, 2.75) is 33.2 Å². The van der Waals surface area contributed by atoms with Crippen LogP contribution in [0.5, 0.6) is 0 Å². The molecule has 1 atom stereocenters. The normalized spacial score (nSPS) is 13.8. The molecule has 1 heterocycles. The molecule has 0 amide bonds. The maximum absolute atomic E-state index is 5.69. The van der Waals surface area contributed by atoms with E-state index in [1.165, 1.54) is 0 Å². The zero-order valence-electron chi connectivity index (χ0n) is 7.96. The highest BCUT2D eigenvalue weighted by Crippen LogP contribution is 2.08. The Morgan fingerprint density at radius 3 is 2.58 bits per heavy atom. The molecule has 12 heavy (non-hydrogen) atoms. The van der Waals surface area contributed by atoms with Crippen LogP contribution in [-0.4, -0.2) is 9.97 Å². The van der Waals surface area contributed by atoms with E-state index in [1.54, 1.807) is 0 Å². The number of rotatable bonds is 3. The molecule has 0 aromatic carbocycles. The topological polar surface area (TPSA) is 54.7 Å². The fourth-order valence-electron chi connectivity index (χ4n) is 1.10. The summed E-state index contributed by atoms with van der Waals surface area (Å²) in [7, 11) is 0. The number of nitrogens with one attached hydrogen (secondary N) is 1. The van der Waals surface area contributed by atoms with Crippen molar-refractivity contribution in [3.63, 3.8) is 0 Å². The first-order valence-corrected chi connectivity index (χ1v) is 4.39. The first kappa shape index (κ1) is 9.26. The van der Waals surface area contributed by atoms with Crippen LogP contribution in [0.1, 0.15) is 38.3 Å². The zero-order chi connectivity index (χ0) is 9.14. The summed E-state index contributed by atoms with van der Waals surface area (Å²) >= 11 is 0. The number of hydrogen-bond donors (Lipinski definition) is 2. The largest absolute Gasteiger partial charge is 0.345 e. The molecular formula is C9H17N3. The molecule has 1 rings (SSSR count). The van der Waals surface area contributed by atoms with Crippen LogP contribution in [0.25, 0.3) is 0 Å². The van der Waals surface area contributed by atoms with Gasteiger partial charge in [-0.3, -0.25) is 0 Å². The minimum absolute atomic E-state index is 0.0541. The van der Waals surface area contributed by atoms with Gasteiger partial charge in [-0.2, -0.15) is 0 Å². The third-order valence-electron chi connectivity index (χ3n) is 1.74. The SMILES string of the molecule is CC(C)Cc1ncc([C@H](C)N)[nH]1. The van der Waals surface area contributed by atoms with E-state index in [-0.39, 0.29) is 6.04 Å². The van der Waals surface area contributed by atoms with Gasteiger partial charge in [0.25, 0.3) is 0 Å². The number of hydrogen-bond acceptors (Lipinski definition) is 2. The molecule has 0 unspecified atom stereocenters. The number of H-pyrrole nitrogens is 1. The maximum Gasteiger partial charge on any atom is 0.106 e. The molecular weight excluding hydrogens is 150 g/mol. The Morgan fingerprint density at radius 1 is 1.50 bits per heavy atom. The number of aromatic nitrogens is 2. The van der Waals surface area contributed by atoms with Gasteiger partial charge in [0.15, 0.2) is 0 Å². The molecule has 3 nitrogen and oxygen atoms in total. The summed E-state index contributed by atoms with van der Waals surface area (Å²) in [5, 5.41) is 0. The predicted octanol–water partition coefficient (Wildman–Crippen LogP) is 1.63. The van der Waals surface area contributed by atoms with E-state index in [9.17, 15) is 0 Å². The molecule has 1 aromatic rings. The minimum Gasteiger partial charge on any atom is -0.345 e. The molecule has 0 aliphatic carbocycles. The van der Waals surface area contributed by atoms with Crippen molar-refractivity contribution < 1.29 is 0 Å². The highest BCUT2D eigenvalue weighted by molar-refractivity contribution is 5.05. The number of imidazole rings is 1. The summed E-state index contributed by atoms with van der Waals surface area (Å²) in [4.78, 5) is 7.45. The van der Waals surface area contributed by atoms with Crippen LogP contribution in [0.3, 0.4) is 0 Å². The average Bonchev–Trinajstić information content (AvgIpc) is 2.34. The maximum atomic E-state index is 5.69. The molecule has 0 saturated heterocycles. The monoisotopic (exact) mass is 167 g/mol. The van der Waals surface area contributed by atoms with Crippen LogP contribution < -0.4 is 5.73 Å². The molecule has 0 radical (unpaired) electrons. The third-order valence-corrected chi connectivity index (χ3v) is 1.74. The van der Waals surface area contributed by atoms with Crippen LogP contribution in [0, 0.1) is 5.92 Å². The first-order valence-electron chi connectivity index (χ1n) is 4.39. The Bertz CT molecular complexity index is 238. The summed E-state index contributed by atoms with van der Waals surface area (Å²) in [5.74, 6) is 1.68. The van der Waals surface area contributed by atoms with Crippen LogP contribution in [0.2, 0.25) is 0 Å². The summed E-state index contributed by atoms with van der Waals surface area (Å²) in [6, 6.07) is 0.0541. The van der Waals surface area contributed by atoms with Gasteiger partial charge in [0, 0.05) is 18.7 Å². The van der Waals surface area contributed by atoms with E-state index in [0.717, 1.165) is 17.9 Å². The van der Waals surface area contributed by atoms with E-state index < -0.39 is 0 Å². The number of nitrogens with zero attached hydrogens (tertiary/aromatic N) is 1. The van der Waals surface area contributed by atoms with Gasteiger partial charge in [0.2, 0.25) is 0 Å². The highest BCUT2D eigenvalue weighted by atomic mass is 14.9. The molecule has 3 N–H and O–H groups in total. The fraction of sp³-hybridized carbons (Fsp3) is 0.667. The van der Waals surface area contributed by atoms with Crippen LogP contribution >= 0.6 is 0 Å². The zero-order valence-corrected chi connectivity index (χ0v) is 7.96. The highest BCUT2D eigenvalue weighted by Gasteiger charge is 2.05. The van der Waals surface area contributed by atoms with E-state index in [1.807, 2.05) is 13.1 Å². The van der Waals surface area contributed by atoms with Crippen LogP contribution in [0.15, 0.2) is 6.20 Å². The smallest absolute Gasteiger partial charge is 0.106 e. The second-order valence-corrected chi connectivity index (χ2v) is 3.67. The lowest BCUT2D eigenvalue weighted by molar-refractivity contribution is 0.623. The van der Waals surface area contributed by atoms with Gasteiger partial charge in [-0.25, -0.2) is 4.98 Å². The molecule has 0 spiro atoms. The van der Waals surface area contributed by atoms with Gasteiger partial charge in [-0.15, -0.1) is 0 Å². The number of aromatic amines is 1. The second-order valence-electron chi connectivity index (χ2n) is 3.67. The van der Waals surface area contributed by atoms with Gasteiger partial charge < -0.3 is 10.7 Å². The number of nitrogens with two attached hydrogens (primary N) is 1. The van der Waals surface area contributed by atoms with Gasteiger partial charge in [0.1, 0.15) is 5.82 Å². The first-order chi connectivity index (χ1) is 5.59. The lowest BCUT2D eigenvalue weighted by Crippen LogP contribution is -2.05. The van der Waals surface area contributed by atoms with Gasteiger partial charge in [0.05, 0.1) is 5.69 Å². The van der Waals surface area contributed by atoms with Crippen LogP contribution in [-0.2, 0) is 6.42 Å². The Balaban J connectivity index is 2.64. The van der Waals surface area contributed by atoms with Crippen molar-refractivity contribution in [1.82, 2.24) is 9.97 Å². The summed E-state index contributed by atoms with van der Waals surface area (Å²) in [6.45, 7) is 6.30. The lowest BCUT2D eigenvalue weighted by Gasteiger charge is -2.01. The molecule has 0 aliphatic heterocycles. The van der Waals surface area contributed by atoms with Crippen molar-refractivity contribution in [3.05, 3.63) is 17.7 Å². The molecule has 68 valence electrons. The standard InChI is InChI=1S/C9H17N3/c1-6(2)4-9-11-5-8(12-9)7(3)10/h5-7H,4,10H2,1-3H3,(H,11,12)/t7-/m0/s1.